The molecule has 2 aromatic heterocycles. The molecule has 0 radical (unpaired) electrons. The Hall–Kier alpha value is -1.73. The van der Waals surface area contributed by atoms with Crippen LogP contribution in [0.1, 0.15) is 47.6 Å². The number of carbonyl (C=O) groups excluding carboxylic acids is 1. The zero-order valence-electron chi connectivity index (χ0n) is 13.9. The van der Waals surface area contributed by atoms with Gasteiger partial charge in [0.2, 0.25) is 0 Å². The first kappa shape index (κ1) is 15.8. The van der Waals surface area contributed by atoms with E-state index in [0.29, 0.717) is 32.0 Å². The zero-order chi connectivity index (χ0) is 16.5. The summed E-state index contributed by atoms with van der Waals surface area (Å²) in [5, 5.41) is 1.81. The average Bonchev–Trinajstić information content (AvgIpc) is 3.09. The Bertz CT molecular complexity index is 708. The fourth-order valence-electron chi connectivity index (χ4n) is 3.37. The van der Waals surface area contributed by atoms with Crippen molar-refractivity contribution in [2.45, 2.75) is 38.8 Å². The standard InChI is InChI=1S/C17H22N4O2S/c1-2-23-8-13-6-20(17(22)15-9-24-11-19-15)7-14-16(13)21(10-18-14)5-12-3-4-12/h9-13H,2-8H2,1H3. The molecule has 1 aliphatic carbocycles. The Morgan fingerprint density at radius 1 is 1.42 bits per heavy atom. The predicted molar refractivity (Wildman–Crippen MR) is 91.0 cm³/mol. The zero-order valence-corrected chi connectivity index (χ0v) is 14.7. The maximum atomic E-state index is 12.7. The Labute approximate surface area is 145 Å². The number of rotatable bonds is 6. The predicted octanol–water partition coefficient (Wildman–Crippen LogP) is 2.53. The number of aromatic nitrogens is 3. The first-order valence-corrected chi connectivity index (χ1v) is 9.49. The molecule has 1 amide bonds. The highest BCUT2D eigenvalue weighted by Crippen LogP contribution is 2.34. The molecule has 0 spiro atoms. The van der Waals surface area contributed by atoms with Gasteiger partial charge in [-0.2, -0.15) is 0 Å². The molecular weight excluding hydrogens is 324 g/mol. The quantitative estimate of drug-likeness (QED) is 0.806. The molecule has 0 saturated heterocycles. The molecule has 2 aromatic rings. The number of carbonyl (C=O) groups is 1. The van der Waals surface area contributed by atoms with E-state index in [0.717, 1.165) is 18.2 Å². The van der Waals surface area contributed by atoms with Crippen molar-refractivity contribution in [1.82, 2.24) is 19.4 Å². The smallest absolute Gasteiger partial charge is 0.273 e. The molecule has 24 heavy (non-hydrogen) atoms. The summed E-state index contributed by atoms with van der Waals surface area (Å²) in [6.45, 7) is 5.59. The van der Waals surface area contributed by atoms with Gasteiger partial charge in [0, 0.05) is 36.7 Å². The van der Waals surface area contributed by atoms with E-state index in [9.17, 15) is 4.79 Å². The van der Waals surface area contributed by atoms with Crippen molar-refractivity contribution in [2.75, 3.05) is 19.8 Å². The van der Waals surface area contributed by atoms with Gasteiger partial charge in [0.05, 0.1) is 30.7 Å². The van der Waals surface area contributed by atoms with Crippen molar-refractivity contribution in [3.63, 3.8) is 0 Å². The minimum atomic E-state index is -0.0138. The normalized spacial score (nSPS) is 20.2. The summed E-state index contributed by atoms with van der Waals surface area (Å²) >= 11 is 1.45. The van der Waals surface area contributed by atoms with Crippen LogP contribution in [0.5, 0.6) is 0 Å². The van der Waals surface area contributed by atoms with Gasteiger partial charge in [-0.3, -0.25) is 4.79 Å². The third-order valence-electron chi connectivity index (χ3n) is 4.74. The van der Waals surface area contributed by atoms with Gasteiger partial charge >= 0.3 is 0 Å². The van der Waals surface area contributed by atoms with Crippen molar-refractivity contribution in [3.05, 3.63) is 34.3 Å². The van der Waals surface area contributed by atoms with Crippen molar-refractivity contribution < 1.29 is 9.53 Å². The topological polar surface area (TPSA) is 60.2 Å². The van der Waals surface area contributed by atoms with Crippen LogP contribution >= 0.6 is 11.3 Å². The minimum absolute atomic E-state index is 0.0138. The number of amides is 1. The van der Waals surface area contributed by atoms with Gasteiger partial charge in [-0.1, -0.05) is 0 Å². The molecule has 1 aliphatic heterocycles. The average molecular weight is 346 g/mol. The van der Waals surface area contributed by atoms with E-state index in [1.165, 1.54) is 29.9 Å². The number of nitrogens with zero attached hydrogens (tertiary/aromatic N) is 4. The summed E-state index contributed by atoms with van der Waals surface area (Å²) < 4.78 is 7.99. The monoisotopic (exact) mass is 346 g/mol. The van der Waals surface area contributed by atoms with E-state index in [4.69, 9.17) is 4.74 Å². The molecule has 0 aromatic carbocycles. The van der Waals surface area contributed by atoms with Crippen LogP contribution in [-0.4, -0.2) is 45.1 Å². The summed E-state index contributed by atoms with van der Waals surface area (Å²) in [7, 11) is 0. The fourth-order valence-corrected chi connectivity index (χ4v) is 3.90. The van der Waals surface area contributed by atoms with Gasteiger partial charge < -0.3 is 14.2 Å². The van der Waals surface area contributed by atoms with Gasteiger partial charge in [-0.25, -0.2) is 9.97 Å². The van der Waals surface area contributed by atoms with Crippen LogP contribution in [0.15, 0.2) is 17.2 Å². The van der Waals surface area contributed by atoms with E-state index in [1.807, 2.05) is 18.2 Å². The van der Waals surface area contributed by atoms with E-state index in [1.54, 1.807) is 10.9 Å². The lowest BCUT2D eigenvalue weighted by atomic mass is 9.98. The van der Waals surface area contributed by atoms with Gasteiger partial charge in [0.1, 0.15) is 5.69 Å². The molecular formula is C17H22N4O2S. The molecule has 0 N–H and O–H groups in total. The van der Waals surface area contributed by atoms with Crippen LogP contribution in [-0.2, 0) is 17.8 Å². The molecule has 128 valence electrons. The number of imidazole rings is 1. The Kier molecular flexibility index (Phi) is 4.37. The van der Waals surface area contributed by atoms with Gasteiger partial charge in [-0.05, 0) is 25.7 Å². The Morgan fingerprint density at radius 3 is 3.00 bits per heavy atom. The first-order chi connectivity index (χ1) is 11.8. The Balaban J connectivity index is 1.59. The number of thiazole rings is 1. The number of fused-ring (bicyclic) bond motifs is 1. The lowest BCUT2D eigenvalue weighted by Gasteiger charge is -2.33. The molecule has 1 fully saturated rings. The molecule has 1 atom stereocenters. The third-order valence-corrected chi connectivity index (χ3v) is 5.33. The molecule has 3 heterocycles. The summed E-state index contributed by atoms with van der Waals surface area (Å²) in [6, 6.07) is 0. The number of ether oxygens (including phenoxy) is 1. The van der Waals surface area contributed by atoms with Crippen molar-refractivity contribution in [2.24, 2.45) is 5.92 Å². The minimum Gasteiger partial charge on any atom is -0.381 e. The van der Waals surface area contributed by atoms with Gasteiger partial charge in [-0.15, -0.1) is 11.3 Å². The second-order valence-electron chi connectivity index (χ2n) is 6.59. The molecule has 2 aliphatic rings. The van der Waals surface area contributed by atoms with Crippen LogP contribution < -0.4 is 0 Å². The summed E-state index contributed by atoms with van der Waals surface area (Å²) in [5.74, 6) is 0.961. The van der Waals surface area contributed by atoms with Gasteiger partial charge in [0.15, 0.2) is 0 Å². The SMILES string of the molecule is CCOCC1CN(C(=O)c2cscn2)Cc2ncn(CC3CC3)c21. The molecule has 0 bridgehead atoms. The lowest BCUT2D eigenvalue weighted by Crippen LogP contribution is -2.40. The van der Waals surface area contributed by atoms with Crippen LogP contribution in [0, 0.1) is 5.92 Å². The van der Waals surface area contributed by atoms with Crippen LogP contribution in [0.25, 0.3) is 0 Å². The highest BCUT2D eigenvalue weighted by Gasteiger charge is 2.34. The maximum absolute atomic E-state index is 12.7. The highest BCUT2D eigenvalue weighted by atomic mass is 32.1. The lowest BCUT2D eigenvalue weighted by molar-refractivity contribution is 0.0639. The van der Waals surface area contributed by atoms with E-state index < -0.39 is 0 Å². The van der Waals surface area contributed by atoms with Crippen molar-refractivity contribution in [3.8, 4) is 0 Å². The maximum Gasteiger partial charge on any atom is 0.273 e. The number of hydrogen-bond acceptors (Lipinski definition) is 5. The van der Waals surface area contributed by atoms with E-state index in [-0.39, 0.29) is 11.8 Å². The van der Waals surface area contributed by atoms with Crippen molar-refractivity contribution in [1.29, 1.82) is 0 Å². The summed E-state index contributed by atoms with van der Waals surface area (Å²) in [6.07, 6.45) is 4.58. The molecule has 1 saturated carbocycles. The van der Waals surface area contributed by atoms with Crippen molar-refractivity contribution >= 4 is 17.2 Å². The summed E-state index contributed by atoms with van der Waals surface area (Å²) in [5.41, 5.74) is 4.49. The number of hydrogen-bond donors (Lipinski definition) is 0. The second kappa shape index (κ2) is 6.64. The summed E-state index contributed by atoms with van der Waals surface area (Å²) in [4.78, 5) is 23.3. The van der Waals surface area contributed by atoms with Crippen LogP contribution in [0.2, 0.25) is 0 Å². The second-order valence-corrected chi connectivity index (χ2v) is 7.31. The molecule has 6 nitrogen and oxygen atoms in total. The highest BCUT2D eigenvalue weighted by molar-refractivity contribution is 7.07. The van der Waals surface area contributed by atoms with E-state index >= 15 is 0 Å². The fraction of sp³-hybridized carbons (Fsp3) is 0.588. The van der Waals surface area contributed by atoms with Gasteiger partial charge in [0.25, 0.3) is 5.91 Å². The van der Waals surface area contributed by atoms with E-state index in [2.05, 4.69) is 14.5 Å². The molecule has 1 unspecified atom stereocenters. The molecule has 7 heteroatoms. The molecule has 4 rings (SSSR count). The van der Waals surface area contributed by atoms with Crippen LogP contribution in [0.4, 0.5) is 0 Å². The Morgan fingerprint density at radius 2 is 2.29 bits per heavy atom. The first-order valence-electron chi connectivity index (χ1n) is 8.55. The van der Waals surface area contributed by atoms with Crippen LogP contribution in [0.3, 0.4) is 0 Å². The largest absolute Gasteiger partial charge is 0.381 e. The third kappa shape index (κ3) is 3.10.